The van der Waals surface area contributed by atoms with E-state index in [1.807, 2.05) is 18.2 Å². The molecular formula is C18H24N4O. The molecule has 0 radical (unpaired) electrons. The number of anilines is 3. The highest BCUT2D eigenvalue weighted by molar-refractivity contribution is 5.59. The minimum Gasteiger partial charge on any atom is -0.381 e. The number of benzene rings is 1. The van der Waals surface area contributed by atoms with Gasteiger partial charge in [-0.2, -0.15) is 0 Å². The molecule has 0 amide bonds. The normalized spacial score (nSPS) is 21.0. The second-order valence-corrected chi connectivity index (χ2v) is 6.14. The van der Waals surface area contributed by atoms with Crippen molar-refractivity contribution < 1.29 is 4.74 Å². The minimum atomic E-state index is 0.414. The number of nitrogens with one attached hydrogen (secondary N) is 2. The van der Waals surface area contributed by atoms with E-state index in [1.165, 1.54) is 5.56 Å². The first-order valence-corrected chi connectivity index (χ1v) is 8.18. The van der Waals surface area contributed by atoms with E-state index >= 15 is 0 Å². The average molecular weight is 312 g/mol. The topological polar surface area (TPSA) is 59.1 Å². The van der Waals surface area contributed by atoms with E-state index in [9.17, 15) is 0 Å². The van der Waals surface area contributed by atoms with Gasteiger partial charge in [0.2, 0.25) is 0 Å². The second kappa shape index (κ2) is 7.42. The van der Waals surface area contributed by atoms with Gasteiger partial charge in [-0.15, -0.1) is 0 Å². The Kier molecular flexibility index (Phi) is 5.08. The molecule has 5 heteroatoms. The van der Waals surface area contributed by atoms with E-state index in [-0.39, 0.29) is 0 Å². The van der Waals surface area contributed by atoms with E-state index in [4.69, 9.17) is 4.74 Å². The molecule has 1 aromatic heterocycles. The van der Waals surface area contributed by atoms with Crippen molar-refractivity contribution in [2.24, 2.45) is 0 Å². The summed E-state index contributed by atoms with van der Waals surface area (Å²) in [6.45, 7) is 2.08. The monoisotopic (exact) mass is 312 g/mol. The smallest absolute Gasteiger partial charge is 0.135 e. The quantitative estimate of drug-likeness (QED) is 0.877. The Bertz CT molecular complexity index is 638. The van der Waals surface area contributed by atoms with E-state index in [0.717, 1.165) is 43.0 Å². The van der Waals surface area contributed by atoms with Gasteiger partial charge < -0.3 is 15.4 Å². The summed E-state index contributed by atoms with van der Waals surface area (Å²) in [6, 6.07) is 10.7. The maximum Gasteiger partial charge on any atom is 0.135 e. The van der Waals surface area contributed by atoms with Gasteiger partial charge in [0.05, 0.1) is 6.10 Å². The fourth-order valence-corrected chi connectivity index (χ4v) is 3.03. The first-order valence-electron chi connectivity index (χ1n) is 8.18. The third-order valence-corrected chi connectivity index (χ3v) is 4.32. The number of nitrogens with zero attached hydrogens (tertiary/aromatic N) is 2. The highest BCUT2D eigenvalue weighted by Crippen LogP contribution is 2.24. The highest BCUT2D eigenvalue weighted by Gasteiger charge is 2.20. The number of hydrogen-bond donors (Lipinski definition) is 2. The number of methoxy groups -OCH3 is 1. The van der Waals surface area contributed by atoms with Gasteiger partial charge in [0.25, 0.3) is 0 Å². The molecule has 1 saturated carbocycles. The summed E-state index contributed by atoms with van der Waals surface area (Å²) in [7, 11) is 1.80. The van der Waals surface area contributed by atoms with Crippen LogP contribution in [-0.4, -0.2) is 29.2 Å². The highest BCUT2D eigenvalue weighted by atomic mass is 16.5. The zero-order valence-electron chi connectivity index (χ0n) is 13.7. The average Bonchev–Trinajstić information content (AvgIpc) is 2.56. The first kappa shape index (κ1) is 15.7. The molecule has 0 aliphatic heterocycles. The van der Waals surface area contributed by atoms with Crippen molar-refractivity contribution in [2.45, 2.75) is 44.8 Å². The van der Waals surface area contributed by atoms with Gasteiger partial charge in [-0.3, -0.25) is 0 Å². The van der Waals surface area contributed by atoms with Crippen LogP contribution in [-0.2, 0) is 4.74 Å². The van der Waals surface area contributed by atoms with E-state index in [0.29, 0.717) is 12.1 Å². The Balaban J connectivity index is 1.61. The molecule has 1 aliphatic carbocycles. The fraction of sp³-hybridized carbons (Fsp3) is 0.444. The molecule has 0 unspecified atom stereocenters. The number of aryl methyl sites for hydroxylation is 1. The third kappa shape index (κ3) is 4.42. The summed E-state index contributed by atoms with van der Waals surface area (Å²) < 4.78 is 5.42. The third-order valence-electron chi connectivity index (χ3n) is 4.32. The Morgan fingerprint density at radius 3 is 2.57 bits per heavy atom. The lowest BCUT2D eigenvalue weighted by Crippen LogP contribution is -2.29. The first-order chi connectivity index (χ1) is 11.2. The summed E-state index contributed by atoms with van der Waals surface area (Å²) in [5.74, 6) is 1.68. The van der Waals surface area contributed by atoms with Gasteiger partial charge in [0.1, 0.15) is 18.0 Å². The zero-order chi connectivity index (χ0) is 16.1. The van der Waals surface area contributed by atoms with Crippen molar-refractivity contribution in [1.29, 1.82) is 0 Å². The number of ether oxygens (including phenoxy) is 1. The van der Waals surface area contributed by atoms with Crippen molar-refractivity contribution in [3.8, 4) is 0 Å². The lowest BCUT2D eigenvalue weighted by molar-refractivity contribution is 0.0681. The van der Waals surface area contributed by atoms with Crippen molar-refractivity contribution in [2.75, 3.05) is 17.7 Å². The molecule has 1 fully saturated rings. The van der Waals surface area contributed by atoms with E-state index in [2.05, 4.69) is 39.7 Å². The number of rotatable bonds is 5. The molecular weight excluding hydrogens is 288 g/mol. The summed E-state index contributed by atoms with van der Waals surface area (Å²) in [5.41, 5.74) is 2.26. The predicted octanol–water partition coefficient (Wildman–Crippen LogP) is 3.90. The minimum absolute atomic E-state index is 0.414. The van der Waals surface area contributed by atoms with Crippen molar-refractivity contribution in [3.05, 3.63) is 42.2 Å². The van der Waals surface area contributed by atoms with Crippen LogP contribution in [0.4, 0.5) is 17.3 Å². The molecule has 0 saturated heterocycles. The molecule has 5 nitrogen and oxygen atoms in total. The van der Waals surface area contributed by atoms with Crippen LogP contribution in [0.15, 0.2) is 36.7 Å². The molecule has 23 heavy (non-hydrogen) atoms. The molecule has 0 spiro atoms. The SMILES string of the molecule is COC1CCC(Nc2cc(Nc3cccc(C)c3)ncn2)CC1. The van der Waals surface area contributed by atoms with E-state index < -0.39 is 0 Å². The standard InChI is InChI=1S/C18H24N4O/c1-13-4-3-5-15(10-13)22-18-11-17(19-12-20-18)21-14-6-8-16(23-2)9-7-14/h3-5,10-12,14,16H,6-9H2,1-2H3,(H2,19,20,21,22). The maximum atomic E-state index is 5.42. The van der Waals surface area contributed by atoms with Gasteiger partial charge in [0.15, 0.2) is 0 Å². The molecule has 3 rings (SSSR count). The Labute approximate surface area is 137 Å². The van der Waals surface area contributed by atoms with Crippen molar-refractivity contribution in [1.82, 2.24) is 9.97 Å². The molecule has 1 aromatic carbocycles. The van der Waals surface area contributed by atoms with Gasteiger partial charge in [-0.05, 0) is 50.3 Å². The summed E-state index contributed by atoms with van der Waals surface area (Å²) in [4.78, 5) is 8.64. The largest absolute Gasteiger partial charge is 0.381 e. The van der Waals surface area contributed by atoms with Crippen LogP contribution in [0.25, 0.3) is 0 Å². The Hall–Kier alpha value is -2.14. The number of aromatic nitrogens is 2. The van der Waals surface area contributed by atoms with Crippen LogP contribution in [0, 0.1) is 6.92 Å². The van der Waals surface area contributed by atoms with Crippen LogP contribution < -0.4 is 10.6 Å². The fourth-order valence-electron chi connectivity index (χ4n) is 3.03. The maximum absolute atomic E-state index is 5.42. The van der Waals surface area contributed by atoms with Crippen LogP contribution >= 0.6 is 0 Å². The van der Waals surface area contributed by atoms with Crippen LogP contribution in [0.1, 0.15) is 31.2 Å². The van der Waals surface area contributed by atoms with Gasteiger partial charge in [0, 0.05) is 24.9 Å². The molecule has 0 bridgehead atoms. The molecule has 1 aliphatic rings. The lowest BCUT2D eigenvalue weighted by Gasteiger charge is -2.28. The predicted molar refractivity (Wildman–Crippen MR) is 93.2 cm³/mol. The lowest BCUT2D eigenvalue weighted by atomic mass is 9.93. The Morgan fingerprint density at radius 1 is 1.04 bits per heavy atom. The molecule has 0 atom stereocenters. The van der Waals surface area contributed by atoms with Crippen molar-refractivity contribution >= 4 is 17.3 Å². The molecule has 2 N–H and O–H groups in total. The summed E-state index contributed by atoms with van der Waals surface area (Å²) >= 11 is 0. The van der Waals surface area contributed by atoms with Gasteiger partial charge in [-0.1, -0.05) is 12.1 Å². The van der Waals surface area contributed by atoms with Gasteiger partial charge in [-0.25, -0.2) is 9.97 Å². The van der Waals surface area contributed by atoms with E-state index in [1.54, 1.807) is 13.4 Å². The van der Waals surface area contributed by atoms with Crippen LogP contribution in [0.3, 0.4) is 0 Å². The summed E-state index contributed by atoms with van der Waals surface area (Å²) in [5, 5.41) is 6.84. The second-order valence-electron chi connectivity index (χ2n) is 6.14. The Morgan fingerprint density at radius 2 is 1.83 bits per heavy atom. The molecule has 122 valence electrons. The summed E-state index contributed by atoms with van der Waals surface area (Å²) in [6.07, 6.45) is 6.45. The zero-order valence-corrected chi connectivity index (χ0v) is 13.7. The number of hydrogen-bond acceptors (Lipinski definition) is 5. The van der Waals surface area contributed by atoms with Crippen molar-refractivity contribution in [3.63, 3.8) is 0 Å². The molecule has 2 aromatic rings. The molecule has 1 heterocycles. The van der Waals surface area contributed by atoms with Gasteiger partial charge >= 0.3 is 0 Å². The van der Waals surface area contributed by atoms with Crippen LogP contribution in [0.2, 0.25) is 0 Å². The van der Waals surface area contributed by atoms with Crippen LogP contribution in [0.5, 0.6) is 0 Å².